The Labute approximate surface area is 88.9 Å². The van der Waals surface area contributed by atoms with Crippen molar-refractivity contribution in [3.63, 3.8) is 0 Å². The number of esters is 2. The van der Waals surface area contributed by atoms with Gasteiger partial charge in [-0.25, -0.2) is 0 Å². The number of hydrogen-bond acceptors (Lipinski definition) is 6. The van der Waals surface area contributed by atoms with Gasteiger partial charge in [-0.3, -0.25) is 9.59 Å². The zero-order chi connectivity index (χ0) is 11.5. The van der Waals surface area contributed by atoms with Gasteiger partial charge in [0.05, 0.1) is 13.2 Å². The van der Waals surface area contributed by atoms with Crippen LogP contribution in [0.1, 0.15) is 19.3 Å². The Morgan fingerprint density at radius 3 is 1.60 bits per heavy atom. The van der Waals surface area contributed by atoms with Crippen LogP contribution in [0.25, 0.3) is 0 Å². The van der Waals surface area contributed by atoms with E-state index in [-0.39, 0.29) is 19.6 Å². The van der Waals surface area contributed by atoms with Crippen molar-refractivity contribution in [1.82, 2.24) is 0 Å². The molecule has 0 radical (unpaired) electrons. The summed E-state index contributed by atoms with van der Waals surface area (Å²) in [4.78, 5) is 21.9. The molecule has 0 aromatic heterocycles. The SMILES string of the molecule is NCCCOC(=O)CC(=O)OCCCN. The lowest BCUT2D eigenvalue weighted by molar-refractivity contribution is -0.154. The molecule has 0 bridgehead atoms. The highest BCUT2D eigenvalue weighted by atomic mass is 16.6. The van der Waals surface area contributed by atoms with Crippen molar-refractivity contribution >= 4 is 11.9 Å². The molecule has 0 unspecified atom stereocenters. The summed E-state index contributed by atoms with van der Waals surface area (Å²) in [5.74, 6) is -1.16. The Morgan fingerprint density at radius 2 is 1.27 bits per heavy atom. The molecule has 88 valence electrons. The summed E-state index contributed by atoms with van der Waals surface area (Å²) in [6.07, 6.45) is 0.830. The first-order valence-corrected chi connectivity index (χ1v) is 4.92. The summed E-state index contributed by atoms with van der Waals surface area (Å²) >= 11 is 0. The van der Waals surface area contributed by atoms with Crippen molar-refractivity contribution in [2.24, 2.45) is 11.5 Å². The Hall–Kier alpha value is -1.14. The molecule has 0 amide bonds. The molecule has 0 fully saturated rings. The van der Waals surface area contributed by atoms with Crippen LogP contribution >= 0.6 is 0 Å². The summed E-state index contributed by atoms with van der Waals surface area (Å²) in [7, 11) is 0. The highest BCUT2D eigenvalue weighted by Crippen LogP contribution is 1.93. The van der Waals surface area contributed by atoms with E-state index in [2.05, 4.69) is 0 Å². The van der Waals surface area contributed by atoms with Crippen molar-refractivity contribution in [2.45, 2.75) is 19.3 Å². The van der Waals surface area contributed by atoms with E-state index >= 15 is 0 Å². The minimum atomic E-state index is -0.582. The van der Waals surface area contributed by atoms with Gasteiger partial charge < -0.3 is 20.9 Å². The minimum absolute atomic E-state index is 0.241. The molecule has 0 atom stereocenters. The largest absolute Gasteiger partial charge is 0.465 e. The van der Waals surface area contributed by atoms with Crippen LogP contribution in [0, 0.1) is 0 Å². The molecule has 0 heterocycles. The third kappa shape index (κ3) is 9.17. The normalized spacial score (nSPS) is 9.73. The quantitative estimate of drug-likeness (QED) is 0.313. The van der Waals surface area contributed by atoms with E-state index in [4.69, 9.17) is 20.9 Å². The van der Waals surface area contributed by atoms with Crippen molar-refractivity contribution in [2.75, 3.05) is 26.3 Å². The van der Waals surface area contributed by atoms with Crippen molar-refractivity contribution in [3.05, 3.63) is 0 Å². The molecule has 0 rings (SSSR count). The van der Waals surface area contributed by atoms with Gasteiger partial charge in [-0.1, -0.05) is 0 Å². The van der Waals surface area contributed by atoms with Gasteiger partial charge in [-0.05, 0) is 25.9 Å². The number of nitrogens with two attached hydrogens (primary N) is 2. The smallest absolute Gasteiger partial charge is 0.317 e. The van der Waals surface area contributed by atoms with Crippen LogP contribution in [-0.4, -0.2) is 38.2 Å². The Balaban J connectivity index is 3.45. The fraction of sp³-hybridized carbons (Fsp3) is 0.778. The number of ether oxygens (including phenoxy) is 2. The lowest BCUT2D eigenvalue weighted by atomic mass is 10.4. The molecule has 0 aliphatic heterocycles. The van der Waals surface area contributed by atoms with Gasteiger partial charge in [0, 0.05) is 0 Å². The van der Waals surface area contributed by atoms with Crippen LogP contribution in [0.5, 0.6) is 0 Å². The topological polar surface area (TPSA) is 105 Å². The maximum absolute atomic E-state index is 11.0. The summed E-state index contributed by atoms with van der Waals surface area (Å²) in [6.45, 7) is 1.39. The third-order valence-corrected chi connectivity index (χ3v) is 1.51. The maximum Gasteiger partial charge on any atom is 0.317 e. The monoisotopic (exact) mass is 218 g/mol. The Bertz CT molecular complexity index is 177. The molecular weight excluding hydrogens is 200 g/mol. The molecule has 0 spiro atoms. The van der Waals surface area contributed by atoms with Crippen LogP contribution < -0.4 is 11.5 Å². The fourth-order valence-electron chi connectivity index (χ4n) is 0.759. The Morgan fingerprint density at radius 1 is 0.867 bits per heavy atom. The van der Waals surface area contributed by atoms with Crippen LogP contribution in [0.2, 0.25) is 0 Å². The van der Waals surface area contributed by atoms with Crippen molar-refractivity contribution in [1.29, 1.82) is 0 Å². The first-order chi connectivity index (χ1) is 7.20. The average Bonchev–Trinajstić information content (AvgIpc) is 2.18. The first kappa shape index (κ1) is 13.9. The molecule has 6 heteroatoms. The van der Waals surface area contributed by atoms with Gasteiger partial charge >= 0.3 is 11.9 Å². The van der Waals surface area contributed by atoms with Gasteiger partial charge in [-0.15, -0.1) is 0 Å². The predicted octanol–water partition coefficient (Wildman–Crippen LogP) is -0.839. The van der Waals surface area contributed by atoms with Gasteiger partial charge in [0.15, 0.2) is 0 Å². The molecule has 0 aromatic carbocycles. The molecule has 6 nitrogen and oxygen atoms in total. The molecular formula is C9H18N2O4. The van der Waals surface area contributed by atoms with Gasteiger partial charge in [0.25, 0.3) is 0 Å². The molecule has 15 heavy (non-hydrogen) atoms. The van der Waals surface area contributed by atoms with Crippen molar-refractivity contribution in [3.8, 4) is 0 Å². The van der Waals surface area contributed by atoms with E-state index in [0.29, 0.717) is 25.9 Å². The molecule has 0 aliphatic rings. The second kappa shape index (κ2) is 9.42. The summed E-state index contributed by atoms with van der Waals surface area (Å²) < 4.78 is 9.43. The molecule has 4 N–H and O–H groups in total. The summed E-state index contributed by atoms with van der Waals surface area (Å²) in [5.41, 5.74) is 10.4. The third-order valence-electron chi connectivity index (χ3n) is 1.51. The fourth-order valence-corrected chi connectivity index (χ4v) is 0.759. The average molecular weight is 218 g/mol. The van der Waals surface area contributed by atoms with E-state index in [0.717, 1.165) is 0 Å². The highest BCUT2D eigenvalue weighted by Gasteiger charge is 2.11. The van der Waals surface area contributed by atoms with E-state index in [9.17, 15) is 9.59 Å². The van der Waals surface area contributed by atoms with E-state index < -0.39 is 11.9 Å². The van der Waals surface area contributed by atoms with E-state index in [1.807, 2.05) is 0 Å². The van der Waals surface area contributed by atoms with Gasteiger partial charge in [0.2, 0.25) is 0 Å². The number of rotatable bonds is 8. The van der Waals surface area contributed by atoms with E-state index in [1.54, 1.807) is 0 Å². The summed E-state index contributed by atoms with van der Waals surface area (Å²) in [5, 5.41) is 0. The second-order valence-electron chi connectivity index (χ2n) is 2.90. The molecule has 0 aromatic rings. The van der Waals surface area contributed by atoms with Gasteiger partial charge in [-0.2, -0.15) is 0 Å². The predicted molar refractivity (Wildman–Crippen MR) is 53.9 cm³/mol. The van der Waals surface area contributed by atoms with Crippen LogP contribution in [0.4, 0.5) is 0 Å². The lowest BCUT2D eigenvalue weighted by Crippen LogP contribution is -2.16. The number of hydrogen-bond donors (Lipinski definition) is 2. The Kier molecular flexibility index (Phi) is 8.70. The zero-order valence-electron chi connectivity index (χ0n) is 8.74. The van der Waals surface area contributed by atoms with Gasteiger partial charge in [0.1, 0.15) is 6.42 Å². The first-order valence-electron chi connectivity index (χ1n) is 4.92. The molecule has 0 saturated carbocycles. The summed E-state index contributed by atoms with van der Waals surface area (Å²) in [6, 6.07) is 0. The minimum Gasteiger partial charge on any atom is -0.465 e. The maximum atomic E-state index is 11.0. The van der Waals surface area contributed by atoms with Crippen LogP contribution in [0.3, 0.4) is 0 Å². The number of carbonyl (C=O) groups excluding carboxylic acids is 2. The second-order valence-corrected chi connectivity index (χ2v) is 2.90. The van der Waals surface area contributed by atoms with Crippen molar-refractivity contribution < 1.29 is 19.1 Å². The van der Waals surface area contributed by atoms with Crippen LogP contribution in [-0.2, 0) is 19.1 Å². The molecule has 0 aliphatic carbocycles. The molecule has 0 saturated heterocycles. The lowest BCUT2D eigenvalue weighted by Gasteiger charge is -2.04. The highest BCUT2D eigenvalue weighted by molar-refractivity contribution is 5.91. The number of carbonyl (C=O) groups is 2. The zero-order valence-corrected chi connectivity index (χ0v) is 8.74. The van der Waals surface area contributed by atoms with E-state index in [1.165, 1.54) is 0 Å². The van der Waals surface area contributed by atoms with Crippen LogP contribution in [0.15, 0.2) is 0 Å². The standard InChI is InChI=1S/C9H18N2O4/c10-3-1-5-14-8(12)7-9(13)15-6-2-4-11/h1-7,10-11H2.